The van der Waals surface area contributed by atoms with Gasteiger partial charge in [0.05, 0.1) is 15.6 Å². The molecule has 0 saturated heterocycles. The van der Waals surface area contributed by atoms with Crippen LogP contribution in [0, 0.1) is 5.82 Å². The monoisotopic (exact) mass is 344 g/mol. The van der Waals surface area contributed by atoms with Gasteiger partial charge in [-0.05, 0) is 30.3 Å². The average molecular weight is 345 g/mol. The van der Waals surface area contributed by atoms with Crippen LogP contribution in [-0.4, -0.2) is 13.4 Å². The smallest absolute Gasteiger partial charge is 0.261 e. The Kier molecular flexibility index (Phi) is 4.46. The number of sulfonamides is 1. The van der Waals surface area contributed by atoms with E-state index in [0.29, 0.717) is 0 Å². The molecule has 0 fully saturated rings. The molecule has 0 aliphatic heterocycles. The number of halogens is 2. The highest BCUT2D eigenvalue weighted by Crippen LogP contribution is 2.24. The molecule has 0 radical (unpaired) electrons. The summed E-state index contributed by atoms with van der Waals surface area (Å²) in [5.74, 6) is -0.681. The molecule has 0 bridgehead atoms. The van der Waals surface area contributed by atoms with Crippen LogP contribution in [0.25, 0.3) is 0 Å². The van der Waals surface area contributed by atoms with Crippen molar-refractivity contribution in [2.75, 3.05) is 4.72 Å². The Morgan fingerprint density at radius 3 is 2.52 bits per heavy atom. The highest BCUT2D eigenvalue weighted by Gasteiger charge is 2.18. The summed E-state index contributed by atoms with van der Waals surface area (Å²) >= 11 is 10.6. The number of para-hydroxylation sites is 1. The quantitative estimate of drug-likeness (QED) is 0.836. The predicted octanol–water partition coefficient (Wildman–Crippen LogP) is 2.91. The highest BCUT2D eigenvalue weighted by atomic mass is 35.5. The molecule has 0 aliphatic carbocycles. The minimum absolute atomic E-state index is 0.132. The first-order valence-corrected chi connectivity index (χ1v) is 7.95. The van der Waals surface area contributed by atoms with E-state index in [1.165, 1.54) is 6.07 Å². The molecule has 0 aliphatic rings. The third-order valence-corrected chi connectivity index (χ3v) is 4.54. The number of hydrogen-bond acceptors (Lipinski definition) is 3. The molecule has 0 heterocycles. The van der Waals surface area contributed by atoms with Gasteiger partial charge in [-0.25, -0.2) is 12.8 Å². The maximum atomic E-state index is 13.5. The van der Waals surface area contributed by atoms with E-state index in [-0.39, 0.29) is 26.2 Å². The van der Waals surface area contributed by atoms with Gasteiger partial charge in [0.1, 0.15) is 10.8 Å². The first kappa shape index (κ1) is 15.7. The van der Waals surface area contributed by atoms with Crippen molar-refractivity contribution in [1.82, 2.24) is 0 Å². The van der Waals surface area contributed by atoms with E-state index < -0.39 is 15.8 Å². The zero-order valence-electron chi connectivity index (χ0n) is 10.5. The lowest BCUT2D eigenvalue weighted by Gasteiger charge is -2.10. The van der Waals surface area contributed by atoms with Crippen molar-refractivity contribution in [2.24, 2.45) is 5.73 Å². The summed E-state index contributed by atoms with van der Waals surface area (Å²) in [6, 6.07) is 9.56. The third kappa shape index (κ3) is 3.49. The van der Waals surface area contributed by atoms with Crippen molar-refractivity contribution in [3.8, 4) is 0 Å². The van der Waals surface area contributed by atoms with E-state index in [0.717, 1.165) is 18.2 Å². The predicted molar refractivity (Wildman–Crippen MR) is 84.5 cm³/mol. The number of hydrogen-bond donors (Lipinski definition) is 2. The Morgan fingerprint density at radius 2 is 1.90 bits per heavy atom. The Balaban J connectivity index is 2.43. The van der Waals surface area contributed by atoms with E-state index in [4.69, 9.17) is 17.3 Å². The fourth-order valence-corrected chi connectivity index (χ4v) is 3.11. The van der Waals surface area contributed by atoms with Gasteiger partial charge in [-0.2, -0.15) is 0 Å². The standard InChI is InChI=1S/C13H10ClFN2O2S2/c14-10-3-1-2-4-12(10)17-21(18,19)8-5-6-11(15)9(7-8)13(16)20/h1-7,17H,(H2,16,20). The number of anilines is 1. The fourth-order valence-electron chi connectivity index (χ4n) is 1.61. The molecular weight excluding hydrogens is 335 g/mol. The van der Waals surface area contributed by atoms with E-state index in [9.17, 15) is 12.8 Å². The van der Waals surface area contributed by atoms with Crippen LogP contribution in [-0.2, 0) is 10.0 Å². The van der Waals surface area contributed by atoms with Gasteiger partial charge in [0.25, 0.3) is 10.0 Å². The lowest BCUT2D eigenvalue weighted by Crippen LogP contribution is -2.16. The molecule has 21 heavy (non-hydrogen) atoms. The first-order chi connectivity index (χ1) is 9.81. The van der Waals surface area contributed by atoms with Crippen molar-refractivity contribution < 1.29 is 12.8 Å². The molecular formula is C13H10ClFN2O2S2. The summed E-state index contributed by atoms with van der Waals surface area (Å²) in [6.45, 7) is 0. The van der Waals surface area contributed by atoms with Crippen LogP contribution in [0.4, 0.5) is 10.1 Å². The van der Waals surface area contributed by atoms with Crippen LogP contribution in [0.1, 0.15) is 5.56 Å². The molecule has 0 amide bonds. The zero-order valence-corrected chi connectivity index (χ0v) is 12.9. The lowest BCUT2D eigenvalue weighted by molar-refractivity contribution is 0.599. The molecule has 2 aromatic rings. The van der Waals surface area contributed by atoms with E-state index in [2.05, 4.69) is 16.9 Å². The molecule has 4 nitrogen and oxygen atoms in total. The molecule has 8 heteroatoms. The second kappa shape index (κ2) is 5.97. The first-order valence-electron chi connectivity index (χ1n) is 5.68. The zero-order chi connectivity index (χ0) is 15.6. The lowest BCUT2D eigenvalue weighted by atomic mass is 10.2. The number of nitrogens with one attached hydrogen (secondary N) is 1. The summed E-state index contributed by atoms with van der Waals surface area (Å²) in [4.78, 5) is -0.381. The van der Waals surface area contributed by atoms with Crippen LogP contribution in [0.2, 0.25) is 5.02 Å². The molecule has 0 aromatic heterocycles. The van der Waals surface area contributed by atoms with E-state index in [1.54, 1.807) is 18.2 Å². The number of rotatable bonds is 4. The largest absolute Gasteiger partial charge is 0.389 e. The molecule has 0 atom stereocenters. The fraction of sp³-hybridized carbons (Fsp3) is 0. The third-order valence-electron chi connectivity index (χ3n) is 2.63. The molecule has 110 valence electrons. The van der Waals surface area contributed by atoms with Gasteiger partial charge < -0.3 is 5.73 Å². The highest BCUT2D eigenvalue weighted by molar-refractivity contribution is 7.92. The second-order valence-corrected chi connectivity index (χ2v) is 6.62. The second-order valence-electron chi connectivity index (χ2n) is 4.09. The van der Waals surface area contributed by atoms with Gasteiger partial charge in [-0.15, -0.1) is 0 Å². The maximum Gasteiger partial charge on any atom is 0.261 e. The van der Waals surface area contributed by atoms with Crippen molar-refractivity contribution >= 4 is 44.5 Å². The van der Waals surface area contributed by atoms with Gasteiger partial charge in [0.2, 0.25) is 0 Å². The Hall–Kier alpha value is -1.70. The average Bonchev–Trinajstić information content (AvgIpc) is 2.41. The van der Waals surface area contributed by atoms with Gasteiger partial charge in [-0.3, -0.25) is 4.72 Å². The molecule has 3 N–H and O–H groups in total. The molecule has 2 rings (SSSR count). The van der Waals surface area contributed by atoms with Crippen molar-refractivity contribution in [3.05, 3.63) is 58.9 Å². The van der Waals surface area contributed by atoms with Crippen LogP contribution in [0.3, 0.4) is 0 Å². The van der Waals surface area contributed by atoms with Gasteiger partial charge in [-0.1, -0.05) is 36.0 Å². The van der Waals surface area contributed by atoms with E-state index in [1.807, 2.05) is 0 Å². The van der Waals surface area contributed by atoms with Crippen LogP contribution in [0.5, 0.6) is 0 Å². The number of benzene rings is 2. The minimum Gasteiger partial charge on any atom is -0.389 e. The Bertz CT molecular complexity index is 810. The van der Waals surface area contributed by atoms with Crippen molar-refractivity contribution in [2.45, 2.75) is 4.90 Å². The Morgan fingerprint density at radius 1 is 1.24 bits per heavy atom. The minimum atomic E-state index is -3.92. The summed E-state index contributed by atoms with van der Waals surface area (Å²) in [6.07, 6.45) is 0. The molecule has 0 saturated carbocycles. The normalized spacial score (nSPS) is 11.1. The van der Waals surface area contributed by atoms with Crippen LogP contribution in [0.15, 0.2) is 47.4 Å². The van der Waals surface area contributed by atoms with Crippen LogP contribution < -0.4 is 10.5 Å². The summed E-state index contributed by atoms with van der Waals surface area (Å²) in [5.41, 5.74) is 5.45. The van der Waals surface area contributed by atoms with E-state index >= 15 is 0 Å². The van der Waals surface area contributed by atoms with Crippen molar-refractivity contribution in [3.63, 3.8) is 0 Å². The molecule has 2 aromatic carbocycles. The van der Waals surface area contributed by atoms with Gasteiger partial charge in [0.15, 0.2) is 0 Å². The van der Waals surface area contributed by atoms with Crippen molar-refractivity contribution in [1.29, 1.82) is 0 Å². The van der Waals surface area contributed by atoms with Gasteiger partial charge >= 0.3 is 0 Å². The summed E-state index contributed by atoms with van der Waals surface area (Å²) < 4.78 is 40.3. The summed E-state index contributed by atoms with van der Waals surface area (Å²) in [7, 11) is -3.92. The molecule has 0 spiro atoms. The van der Waals surface area contributed by atoms with Gasteiger partial charge in [0, 0.05) is 5.56 Å². The maximum absolute atomic E-state index is 13.5. The van der Waals surface area contributed by atoms with Crippen LogP contribution >= 0.6 is 23.8 Å². The Labute approximate surface area is 131 Å². The topological polar surface area (TPSA) is 72.2 Å². The number of thiocarbonyl (C=S) groups is 1. The molecule has 0 unspecified atom stereocenters. The SMILES string of the molecule is NC(=S)c1cc(S(=O)(=O)Nc2ccccc2Cl)ccc1F. The summed E-state index contributed by atoms with van der Waals surface area (Å²) in [5, 5.41) is 0.248. The number of nitrogens with two attached hydrogens (primary N) is 1.